The molecule has 1 aromatic rings. The standard InChI is InChI=1S/C15H23NO2/c1-12-9-13(2)11-15(10-12)18-8-6-16(5-7-17)14-3-4-14/h9-11,14,17H,3-8H2,1-2H3. The first kappa shape index (κ1) is 13.4. The lowest BCUT2D eigenvalue weighted by atomic mass is 10.1. The Hall–Kier alpha value is -1.06. The number of aryl methyl sites for hydroxylation is 2. The molecular weight excluding hydrogens is 226 g/mol. The summed E-state index contributed by atoms with van der Waals surface area (Å²) in [4.78, 5) is 2.32. The lowest BCUT2D eigenvalue weighted by Crippen LogP contribution is -2.33. The lowest BCUT2D eigenvalue weighted by molar-refractivity contribution is 0.162. The molecule has 18 heavy (non-hydrogen) atoms. The van der Waals surface area contributed by atoms with Crippen molar-refractivity contribution in [1.82, 2.24) is 4.90 Å². The number of ether oxygens (including phenoxy) is 1. The molecule has 1 aliphatic carbocycles. The predicted octanol–water partition coefficient (Wildman–Crippen LogP) is 2.14. The van der Waals surface area contributed by atoms with Gasteiger partial charge < -0.3 is 9.84 Å². The second kappa shape index (κ2) is 6.21. The smallest absolute Gasteiger partial charge is 0.119 e. The minimum absolute atomic E-state index is 0.236. The zero-order chi connectivity index (χ0) is 13.0. The molecule has 3 heteroatoms. The number of hydrogen-bond acceptors (Lipinski definition) is 3. The Balaban J connectivity index is 1.79. The Morgan fingerprint density at radius 3 is 2.39 bits per heavy atom. The van der Waals surface area contributed by atoms with E-state index in [1.807, 2.05) is 0 Å². The van der Waals surface area contributed by atoms with Gasteiger partial charge in [-0.2, -0.15) is 0 Å². The van der Waals surface area contributed by atoms with Gasteiger partial charge in [-0.1, -0.05) is 6.07 Å². The van der Waals surface area contributed by atoms with Gasteiger partial charge in [-0.25, -0.2) is 0 Å². The van der Waals surface area contributed by atoms with Gasteiger partial charge in [0.25, 0.3) is 0 Å². The Labute approximate surface area is 109 Å². The fourth-order valence-electron chi connectivity index (χ4n) is 2.34. The highest BCUT2D eigenvalue weighted by Crippen LogP contribution is 2.26. The van der Waals surface area contributed by atoms with Crippen molar-refractivity contribution in [2.24, 2.45) is 0 Å². The SMILES string of the molecule is Cc1cc(C)cc(OCCN(CCO)C2CC2)c1. The van der Waals surface area contributed by atoms with Crippen LogP contribution in [-0.2, 0) is 0 Å². The third-order valence-electron chi connectivity index (χ3n) is 3.29. The minimum Gasteiger partial charge on any atom is -0.492 e. The first-order valence-corrected chi connectivity index (χ1v) is 6.75. The van der Waals surface area contributed by atoms with E-state index >= 15 is 0 Å². The maximum atomic E-state index is 9.02. The second-order valence-electron chi connectivity index (χ2n) is 5.16. The molecule has 3 nitrogen and oxygen atoms in total. The van der Waals surface area contributed by atoms with Crippen LogP contribution in [0.3, 0.4) is 0 Å². The average Bonchev–Trinajstić information content (AvgIpc) is 3.10. The molecule has 0 atom stereocenters. The van der Waals surface area contributed by atoms with Gasteiger partial charge >= 0.3 is 0 Å². The molecule has 0 unspecified atom stereocenters. The molecule has 1 N–H and O–H groups in total. The van der Waals surface area contributed by atoms with Crippen LogP contribution in [0.2, 0.25) is 0 Å². The maximum Gasteiger partial charge on any atom is 0.119 e. The van der Waals surface area contributed by atoms with Gasteiger partial charge in [-0.15, -0.1) is 0 Å². The van der Waals surface area contributed by atoms with Gasteiger partial charge in [-0.05, 0) is 49.9 Å². The van der Waals surface area contributed by atoms with Crippen LogP contribution < -0.4 is 4.74 Å². The Morgan fingerprint density at radius 1 is 1.17 bits per heavy atom. The van der Waals surface area contributed by atoms with E-state index in [4.69, 9.17) is 9.84 Å². The van der Waals surface area contributed by atoms with Crippen LogP contribution >= 0.6 is 0 Å². The van der Waals surface area contributed by atoms with Crippen molar-refractivity contribution in [3.8, 4) is 5.75 Å². The molecule has 1 aromatic carbocycles. The van der Waals surface area contributed by atoms with E-state index in [-0.39, 0.29) is 6.61 Å². The van der Waals surface area contributed by atoms with Crippen LogP contribution in [0.1, 0.15) is 24.0 Å². The summed E-state index contributed by atoms with van der Waals surface area (Å²) in [7, 11) is 0. The van der Waals surface area contributed by atoms with Crippen molar-refractivity contribution in [2.75, 3.05) is 26.3 Å². The fraction of sp³-hybridized carbons (Fsp3) is 0.600. The molecule has 0 spiro atoms. The molecule has 0 bridgehead atoms. The molecular formula is C15H23NO2. The Morgan fingerprint density at radius 2 is 1.83 bits per heavy atom. The summed E-state index contributed by atoms with van der Waals surface area (Å²) in [5, 5.41) is 9.02. The first-order chi connectivity index (χ1) is 8.69. The molecule has 2 rings (SSSR count). The quantitative estimate of drug-likeness (QED) is 0.803. The van der Waals surface area contributed by atoms with Crippen LogP contribution in [0.25, 0.3) is 0 Å². The monoisotopic (exact) mass is 249 g/mol. The van der Waals surface area contributed by atoms with Crippen LogP contribution in [0.5, 0.6) is 5.75 Å². The van der Waals surface area contributed by atoms with E-state index < -0.39 is 0 Å². The largest absolute Gasteiger partial charge is 0.492 e. The number of nitrogens with zero attached hydrogens (tertiary/aromatic N) is 1. The van der Waals surface area contributed by atoms with Crippen LogP contribution in [-0.4, -0.2) is 42.4 Å². The molecule has 0 heterocycles. The van der Waals surface area contributed by atoms with Crippen molar-refractivity contribution in [3.05, 3.63) is 29.3 Å². The van der Waals surface area contributed by atoms with Crippen LogP contribution in [0, 0.1) is 13.8 Å². The summed E-state index contributed by atoms with van der Waals surface area (Å²) in [6.45, 7) is 6.77. The van der Waals surface area contributed by atoms with Gasteiger partial charge in [-0.3, -0.25) is 4.90 Å². The number of hydrogen-bond donors (Lipinski definition) is 1. The third kappa shape index (κ3) is 4.00. The molecule has 0 amide bonds. The predicted molar refractivity (Wildman–Crippen MR) is 73.1 cm³/mol. The topological polar surface area (TPSA) is 32.7 Å². The van der Waals surface area contributed by atoms with E-state index in [0.717, 1.165) is 18.8 Å². The molecule has 1 fully saturated rings. The van der Waals surface area contributed by atoms with Gasteiger partial charge in [0.1, 0.15) is 12.4 Å². The van der Waals surface area contributed by atoms with Crippen molar-refractivity contribution in [3.63, 3.8) is 0 Å². The summed E-state index contributed by atoms with van der Waals surface area (Å²) in [6, 6.07) is 6.97. The van der Waals surface area contributed by atoms with Gasteiger partial charge in [0, 0.05) is 19.1 Å². The zero-order valence-corrected chi connectivity index (χ0v) is 11.4. The van der Waals surface area contributed by atoms with Crippen LogP contribution in [0.4, 0.5) is 0 Å². The van der Waals surface area contributed by atoms with Crippen molar-refractivity contribution in [1.29, 1.82) is 0 Å². The van der Waals surface area contributed by atoms with Crippen molar-refractivity contribution < 1.29 is 9.84 Å². The van der Waals surface area contributed by atoms with Crippen molar-refractivity contribution >= 4 is 0 Å². The van der Waals surface area contributed by atoms with Crippen molar-refractivity contribution in [2.45, 2.75) is 32.7 Å². The van der Waals surface area contributed by atoms with Crippen LogP contribution in [0.15, 0.2) is 18.2 Å². The van der Waals surface area contributed by atoms with E-state index in [0.29, 0.717) is 12.6 Å². The fourth-order valence-corrected chi connectivity index (χ4v) is 2.34. The number of aliphatic hydroxyl groups is 1. The molecule has 100 valence electrons. The van der Waals surface area contributed by atoms with E-state index in [9.17, 15) is 0 Å². The third-order valence-corrected chi connectivity index (χ3v) is 3.29. The highest BCUT2D eigenvalue weighted by Gasteiger charge is 2.28. The van der Waals surface area contributed by atoms with E-state index in [2.05, 4.69) is 36.9 Å². The Kier molecular flexibility index (Phi) is 4.61. The molecule has 1 aliphatic rings. The Bertz CT molecular complexity index is 368. The lowest BCUT2D eigenvalue weighted by Gasteiger charge is -2.20. The summed E-state index contributed by atoms with van der Waals surface area (Å²) < 4.78 is 5.80. The van der Waals surface area contributed by atoms with Gasteiger partial charge in [0.2, 0.25) is 0 Å². The summed E-state index contributed by atoms with van der Waals surface area (Å²) in [5.41, 5.74) is 2.47. The molecule has 0 radical (unpaired) electrons. The summed E-state index contributed by atoms with van der Waals surface area (Å²) >= 11 is 0. The average molecular weight is 249 g/mol. The van der Waals surface area contributed by atoms with Gasteiger partial charge in [0.05, 0.1) is 6.61 Å². The maximum absolute atomic E-state index is 9.02. The van der Waals surface area contributed by atoms with Gasteiger partial charge in [0.15, 0.2) is 0 Å². The number of rotatable bonds is 7. The summed E-state index contributed by atoms with van der Waals surface area (Å²) in [5.74, 6) is 0.951. The first-order valence-electron chi connectivity index (χ1n) is 6.75. The summed E-state index contributed by atoms with van der Waals surface area (Å²) in [6.07, 6.45) is 2.53. The van der Waals surface area contributed by atoms with E-state index in [1.165, 1.54) is 24.0 Å². The zero-order valence-electron chi connectivity index (χ0n) is 11.4. The normalized spacial score (nSPS) is 15.1. The molecule has 0 aromatic heterocycles. The molecule has 0 saturated heterocycles. The highest BCUT2D eigenvalue weighted by molar-refractivity contribution is 5.32. The number of aliphatic hydroxyl groups excluding tert-OH is 1. The second-order valence-corrected chi connectivity index (χ2v) is 5.16. The minimum atomic E-state index is 0.236. The van der Waals surface area contributed by atoms with E-state index in [1.54, 1.807) is 0 Å². The molecule has 1 saturated carbocycles. The number of benzene rings is 1. The highest BCUT2D eigenvalue weighted by atomic mass is 16.5. The molecule has 0 aliphatic heterocycles.